The number of anilines is 1. The van der Waals surface area contributed by atoms with Gasteiger partial charge in [-0.3, -0.25) is 18.9 Å². The van der Waals surface area contributed by atoms with Gasteiger partial charge in [0.1, 0.15) is 11.7 Å². The van der Waals surface area contributed by atoms with Crippen molar-refractivity contribution >= 4 is 40.6 Å². The molecule has 1 aliphatic carbocycles. The van der Waals surface area contributed by atoms with Crippen molar-refractivity contribution in [3.05, 3.63) is 16.7 Å². The normalized spacial score (nSPS) is 34.5. The van der Waals surface area contributed by atoms with E-state index in [0.717, 1.165) is 10.9 Å². The molecule has 0 aromatic carbocycles. The zero-order chi connectivity index (χ0) is 25.5. The molecule has 2 aromatic heterocycles. The van der Waals surface area contributed by atoms with Crippen molar-refractivity contribution in [3.63, 3.8) is 0 Å². The summed E-state index contributed by atoms with van der Waals surface area (Å²) < 4.78 is 68.2. The molecule has 4 rings (SSSR count). The SMILES string of the molecule is CC[C@]12O[C@@H](n3cnc4c(=O)[nH]c(N)nc43)[C@H](F)[C@@]1(O)C2OP(=O)(O)OP(=O)(O)OP(=O)(O)O. The summed E-state index contributed by atoms with van der Waals surface area (Å²) in [5.74, 6) is -0.313. The number of fused-ring (bicyclic) bond motifs is 2. The zero-order valence-electron chi connectivity index (χ0n) is 16.7. The number of H-pyrrole nitrogens is 1. The average molecular weight is 551 g/mol. The molecule has 2 aliphatic rings. The second kappa shape index (κ2) is 7.70. The summed E-state index contributed by atoms with van der Waals surface area (Å²) >= 11 is 0. The largest absolute Gasteiger partial charge is 0.490 e. The molecule has 3 unspecified atom stereocenters. The maximum Gasteiger partial charge on any atom is 0.490 e. The van der Waals surface area contributed by atoms with Crippen LogP contribution < -0.4 is 11.3 Å². The third kappa shape index (κ3) is 3.97. The predicted octanol–water partition coefficient (Wildman–Crippen LogP) is -0.826. The Hall–Kier alpha value is -1.59. The number of nitrogens with two attached hydrogens (primary N) is 1. The average Bonchev–Trinajstić information content (AvgIpc) is 2.92. The van der Waals surface area contributed by atoms with Gasteiger partial charge in [0.05, 0.1) is 6.33 Å². The number of aromatic amines is 1. The van der Waals surface area contributed by atoms with E-state index in [1.807, 2.05) is 0 Å². The van der Waals surface area contributed by atoms with Gasteiger partial charge >= 0.3 is 23.5 Å². The number of nitrogens with one attached hydrogen (secondary N) is 1. The number of nitrogen functional groups attached to an aromatic ring is 1. The van der Waals surface area contributed by atoms with E-state index >= 15 is 4.39 Å². The van der Waals surface area contributed by atoms with E-state index < -0.39 is 58.7 Å². The van der Waals surface area contributed by atoms with E-state index in [1.165, 1.54) is 6.92 Å². The van der Waals surface area contributed by atoms with Gasteiger partial charge in [0.25, 0.3) is 5.56 Å². The van der Waals surface area contributed by atoms with Crippen LogP contribution in [0.15, 0.2) is 11.1 Å². The molecule has 0 bridgehead atoms. The van der Waals surface area contributed by atoms with Crippen LogP contribution in [0, 0.1) is 0 Å². The molecule has 3 heterocycles. The number of aliphatic hydroxyl groups is 1. The molecule has 0 spiro atoms. The Bertz CT molecular complexity index is 1360. The quantitative estimate of drug-likeness (QED) is 0.197. The smallest absolute Gasteiger partial charge is 0.381 e. The van der Waals surface area contributed by atoms with Crippen molar-refractivity contribution in [1.82, 2.24) is 19.5 Å². The number of rotatable bonds is 8. The molecule has 2 fully saturated rings. The van der Waals surface area contributed by atoms with Crippen LogP contribution >= 0.6 is 23.5 Å². The molecule has 2 aromatic rings. The highest BCUT2D eigenvalue weighted by Gasteiger charge is 2.89. The number of phosphoric ester groups is 1. The van der Waals surface area contributed by atoms with Crippen LogP contribution in [0.4, 0.5) is 10.3 Å². The minimum atomic E-state index is -5.83. The monoisotopic (exact) mass is 551 g/mol. The maximum atomic E-state index is 15.4. The van der Waals surface area contributed by atoms with Gasteiger partial charge in [-0.1, -0.05) is 6.92 Å². The fourth-order valence-corrected chi connectivity index (χ4v) is 7.24. The standard InChI is InChI=1S/C12H17FN5O13P3/c1-2-11-9(29-33(24,25)31-34(26,27)30-32(21,22)23)12(11,20)5(13)8(28-11)18-3-15-4-6(18)16-10(14)17-7(4)19/h3,5,8-9,20H,2H2,1H3,(H,24,25)(H,26,27)(H2,21,22,23)(H3,14,16,17,19)/t5-,8+,9?,11+,12+/m0/s1. The number of phosphoric acid groups is 3. The predicted molar refractivity (Wildman–Crippen MR) is 104 cm³/mol. The van der Waals surface area contributed by atoms with Crippen LogP contribution in [0.25, 0.3) is 11.2 Å². The van der Waals surface area contributed by atoms with Gasteiger partial charge in [-0.15, -0.1) is 0 Å². The Morgan fingerprint density at radius 3 is 2.47 bits per heavy atom. The number of hydrogen-bond acceptors (Lipinski definition) is 12. The second-order valence-electron chi connectivity index (χ2n) is 7.33. The van der Waals surface area contributed by atoms with E-state index in [0.29, 0.717) is 0 Å². The summed E-state index contributed by atoms with van der Waals surface area (Å²) in [5.41, 5.74) is -0.211. The van der Waals surface area contributed by atoms with Crippen molar-refractivity contribution in [2.75, 3.05) is 5.73 Å². The fraction of sp³-hybridized carbons (Fsp3) is 0.583. The lowest BCUT2D eigenvalue weighted by Gasteiger charge is -2.24. The Labute approximate surface area is 186 Å². The Kier molecular flexibility index (Phi) is 5.78. The van der Waals surface area contributed by atoms with Gasteiger partial charge in [-0.25, -0.2) is 23.1 Å². The van der Waals surface area contributed by atoms with Gasteiger partial charge in [0.2, 0.25) is 5.95 Å². The van der Waals surface area contributed by atoms with Crippen LogP contribution in [0.5, 0.6) is 0 Å². The highest BCUT2D eigenvalue weighted by molar-refractivity contribution is 7.66. The molecule has 18 nitrogen and oxygen atoms in total. The lowest BCUT2D eigenvalue weighted by atomic mass is 10.1. The number of halogens is 1. The molecule has 0 amide bonds. The van der Waals surface area contributed by atoms with Gasteiger partial charge in [-0.05, 0) is 6.42 Å². The van der Waals surface area contributed by atoms with E-state index in [-0.39, 0.29) is 23.5 Å². The summed E-state index contributed by atoms with van der Waals surface area (Å²) in [7, 11) is -17.1. The summed E-state index contributed by atoms with van der Waals surface area (Å²) in [6, 6.07) is 0. The first kappa shape index (κ1) is 25.5. The Balaban J connectivity index is 1.59. The van der Waals surface area contributed by atoms with Crippen molar-refractivity contribution in [2.45, 2.75) is 43.1 Å². The first-order valence-electron chi connectivity index (χ1n) is 9.05. The molecular weight excluding hydrogens is 534 g/mol. The lowest BCUT2D eigenvalue weighted by molar-refractivity contribution is -0.0889. The first-order chi connectivity index (χ1) is 15.5. The molecule has 1 saturated heterocycles. The third-order valence-electron chi connectivity index (χ3n) is 5.32. The van der Waals surface area contributed by atoms with Gasteiger partial charge in [0, 0.05) is 0 Å². The number of nitrogens with zero attached hydrogens (tertiary/aromatic N) is 3. The lowest BCUT2D eigenvalue weighted by Crippen LogP contribution is -2.34. The van der Waals surface area contributed by atoms with Crippen LogP contribution in [-0.2, 0) is 31.6 Å². The van der Waals surface area contributed by atoms with Crippen LogP contribution in [0.2, 0.25) is 0 Å². The minimum absolute atomic E-state index is 0.186. The first-order valence-corrected chi connectivity index (χ1v) is 13.6. The molecule has 34 heavy (non-hydrogen) atoms. The van der Waals surface area contributed by atoms with Crippen molar-refractivity contribution in [1.29, 1.82) is 0 Å². The van der Waals surface area contributed by atoms with E-state index in [4.69, 9.17) is 20.3 Å². The van der Waals surface area contributed by atoms with E-state index in [2.05, 4.69) is 28.1 Å². The van der Waals surface area contributed by atoms with Crippen LogP contribution in [0.3, 0.4) is 0 Å². The molecule has 0 radical (unpaired) electrons. The highest BCUT2D eigenvalue weighted by atomic mass is 31.3. The Morgan fingerprint density at radius 2 is 1.91 bits per heavy atom. The van der Waals surface area contributed by atoms with Crippen molar-refractivity contribution in [3.8, 4) is 0 Å². The fourth-order valence-electron chi connectivity index (χ4n) is 3.98. The van der Waals surface area contributed by atoms with E-state index in [1.54, 1.807) is 0 Å². The van der Waals surface area contributed by atoms with Crippen molar-refractivity contribution < 1.29 is 60.6 Å². The van der Waals surface area contributed by atoms with Gasteiger partial charge in [-0.2, -0.15) is 13.6 Å². The van der Waals surface area contributed by atoms with Gasteiger partial charge in [0.15, 0.2) is 29.2 Å². The Morgan fingerprint density at radius 1 is 1.26 bits per heavy atom. The summed E-state index contributed by atoms with van der Waals surface area (Å²) in [5, 5.41) is 10.9. The topological polar surface area (TPSA) is 279 Å². The van der Waals surface area contributed by atoms with E-state index in [9.17, 15) is 33.4 Å². The molecule has 190 valence electrons. The molecule has 1 aliphatic heterocycles. The number of imidazole rings is 1. The molecule has 22 heteroatoms. The second-order valence-corrected chi connectivity index (χ2v) is 11.7. The summed E-state index contributed by atoms with van der Waals surface area (Å²) in [6.07, 6.45) is -5.19. The highest BCUT2D eigenvalue weighted by Crippen LogP contribution is 2.73. The molecule has 1 saturated carbocycles. The van der Waals surface area contributed by atoms with Crippen LogP contribution in [0.1, 0.15) is 19.6 Å². The summed E-state index contributed by atoms with van der Waals surface area (Å²) in [6.45, 7) is 1.40. The molecule has 8 N–H and O–H groups in total. The van der Waals surface area contributed by atoms with Crippen LogP contribution in [-0.4, -0.2) is 67.7 Å². The van der Waals surface area contributed by atoms with Crippen molar-refractivity contribution in [2.24, 2.45) is 0 Å². The van der Waals surface area contributed by atoms with Gasteiger partial charge < -0.3 is 35.2 Å². The summed E-state index contributed by atoms with van der Waals surface area (Å²) in [4.78, 5) is 57.9. The number of hydrogen-bond donors (Lipinski definition) is 7. The number of aromatic nitrogens is 4. The zero-order valence-corrected chi connectivity index (χ0v) is 19.3. The molecular formula is C12H17FN5O13P3. The third-order valence-corrected chi connectivity index (χ3v) is 9.13. The maximum absolute atomic E-state index is 15.4. The number of ether oxygens (including phenoxy) is 1. The number of alkyl halides is 1. The minimum Gasteiger partial charge on any atom is -0.381 e. The molecule has 7 atom stereocenters.